The van der Waals surface area contributed by atoms with Gasteiger partial charge < -0.3 is 29.4 Å². The second kappa shape index (κ2) is 9.57. The summed E-state index contributed by atoms with van der Waals surface area (Å²) in [6.45, 7) is 9.00. The molecule has 4 fully saturated rings. The number of ether oxygens (including phenoxy) is 4. The lowest BCUT2D eigenvalue weighted by molar-refractivity contribution is -0.373. The van der Waals surface area contributed by atoms with Gasteiger partial charge in [-0.1, -0.05) is 38.5 Å². The first-order valence-corrected chi connectivity index (χ1v) is 12.2. The maximum absolute atomic E-state index is 13.2. The summed E-state index contributed by atoms with van der Waals surface area (Å²) in [6, 6.07) is 0. The van der Waals surface area contributed by atoms with Crippen molar-refractivity contribution in [3.05, 3.63) is 35.1 Å². The monoisotopic (exact) mass is 503 g/mol. The van der Waals surface area contributed by atoms with E-state index in [1.54, 1.807) is 26.8 Å². The molecule has 1 amide bonds. The van der Waals surface area contributed by atoms with Crippen molar-refractivity contribution in [2.45, 2.75) is 64.8 Å². The number of aliphatic hydroxyl groups is 1. The Morgan fingerprint density at radius 3 is 2.50 bits per heavy atom. The van der Waals surface area contributed by atoms with Gasteiger partial charge in [-0.15, -0.1) is 0 Å². The minimum absolute atomic E-state index is 0.0852. The van der Waals surface area contributed by atoms with E-state index in [0.717, 1.165) is 5.57 Å². The van der Waals surface area contributed by atoms with E-state index in [1.807, 2.05) is 19.9 Å². The molecule has 1 spiro atoms. The average Bonchev–Trinajstić information content (AvgIpc) is 3.32. The van der Waals surface area contributed by atoms with Crippen molar-refractivity contribution in [1.29, 1.82) is 0 Å². The zero-order chi connectivity index (χ0) is 26.5. The molecule has 2 N–H and O–H groups in total. The molecular formula is C26H33NO9. The Balaban J connectivity index is 1.62. The molecule has 4 aliphatic heterocycles. The maximum atomic E-state index is 13.2. The SMILES string of the molecule is COC(=O)[C@H]1[C@@H](C)O[C@@H]2[C@H](C)C(=O)[C@@H]3O[C@@]21O[C@H]([C@@H](C)/C=C(C)/C=C/C(O)=C1C(=O)CNC1=O)[C@H]3C. The molecule has 4 saturated heterocycles. The van der Waals surface area contributed by atoms with Gasteiger partial charge in [0.1, 0.15) is 29.5 Å². The summed E-state index contributed by atoms with van der Waals surface area (Å²) in [7, 11) is 1.30. The van der Waals surface area contributed by atoms with Gasteiger partial charge in [0.25, 0.3) is 5.91 Å². The lowest BCUT2D eigenvalue weighted by atomic mass is 9.74. The summed E-state index contributed by atoms with van der Waals surface area (Å²) in [5, 5.41) is 12.6. The molecule has 9 atom stereocenters. The van der Waals surface area contributed by atoms with Crippen LogP contribution in [-0.2, 0) is 38.1 Å². The van der Waals surface area contributed by atoms with E-state index in [1.165, 1.54) is 13.2 Å². The van der Waals surface area contributed by atoms with Gasteiger partial charge in [0.2, 0.25) is 5.79 Å². The lowest BCUT2D eigenvalue weighted by Gasteiger charge is -2.54. The normalized spacial score (nSPS) is 40.8. The van der Waals surface area contributed by atoms with Crippen LogP contribution in [0.1, 0.15) is 34.6 Å². The molecule has 4 heterocycles. The highest BCUT2D eigenvalue weighted by Crippen LogP contribution is 2.53. The summed E-state index contributed by atoms with van der Waals surface area (Å²) in [6.07, 6.45) is 2.25. The maximum Gasteiger partial charge on any atom is 0.316 e. The van der Waals surface area contributed by atoms with Crippen LogP contribution in [0.5, 0.6) is 0 Å². The van der Waals surface area contributed by atoms with Crippen molar-refractivity contribution in [2.24, 2.45) is 23.7 Å². The number of hydrogen-bond donors (Lipinski definition) is 2. The first-order valence-electron chi connectivity index (χ1n) is 12.2. The van der Waals surface area contributed by atoms with E-state index in [2.05, 4.69) is 5.32 Å². The molecule has 0 aromatic carbocycles. The van der Waals surface area contributed by atoms with Gasteiger partial charge >= 0.3 is 5.97 Å². The number of carbonyl (C=O) groups is 4. The van der Waals surface area contributed by atoms with Crippen molar-refractivity contribution in [3.63, 3.8) is 0 Å². The highest BCUT2D eigenvalue weighted by atomic mass is 16.8. The first kappa shape index (κ1) is 26.2. The molecule has 0 aromatic heterocycles. The van der Waals surface area contributed by atoms with Crippen molar-refractivity contribution in [1.82, 2.24) is 5.32 Å². The molecule has 10 nitrogen and oxygen atoms in total. The Labute approximate surface area is 209 Å². The molecule has 0 unspecified atom stereocenters. The fourth-order valence-corrected chi connectivity index (χ4v) is 5.86. The van der Waals surface area contributed by atoms with E-state index in [0.29, 0.717) is 0 Å². The van der Waals surface area contributed by atoms with Gasteiger partial charge in [-0.25, -0.2) is 0 Å². The van der Waals surface area contributed by atoms with Crippen LogP contribution in [0.3, 0.4) is 0 Å². The van der Waals surface area contributed by atoms with Crippen LogP contribution in [0.2, 0.25) is 0 Å². The van der Waals surface area contributed by atoms with E-state index in [9.17, 15) is 24.3 Å². The summed E-state index contributed by atoms with van der Waals surface area (Å²) < 4.78 is 23.9. The fourth-order valence-electron chi connectivity index (χ4n) is 5.86. The van der Waals surface area contributed by atoms with Gasteiger partial charge in [-0.05, 0) is 19.9 Å². The Kier molecular flexibility index (Phi) is 6.98. The number of fused-ring (bicyclic) bond motifs is 1. The third-order valence-corrected chi connectivity index (χ3v) is 7.65. The van der Waals surface area contributed by atoms with E-state index in [4.69, 9.17) is 18.9 Å². The molecule has 0 saturated carbocycles. The second-order valence-corrected chi connectivity index (χ2v) is 10.1. The first-order chi connectivity index (χ1) is 16.9. The molecule has 4 aliphatic rings. The molecule has 36 heavy (non-hydrogen) atoms. The Morgan fingerprint density at radius 2 is 1.89 bits per heavy atom. The Bertz CT molecular complexity index is 1060. The highest BCUT2D eigenvalue weighted by Gasteiger charge is 2.71. The topological polar surface area (TPSA) is 137 Å². The largest absolute Gasteiger partial charge is 0.507 e. The van der Waals surface area contributed by atoms with Gasteiger partial charge in [-0.2, -0.15) is 0 Å². The molecular weight excluding hydrogens is 470 g/mol. The predicted octanol–water partition coefficient (Wildman–Crippen LogP) is 1.55. The molecule has 196 valence electrons. The number of carbonyl (C=O) groups excluding carboxylic acids is 4. The molecule has 4 rings (SSSR count). The van der Waals surface area contributed by atoms with Crippen LogP contribution in [0.25, 0.3) is 0 Å². The number of methoxy groups -OCH3 is 1. The van der Waals surface area contributed by atoms with Crippen LogP contribution >= 0.6 is 0 Å². The van der Waals surface area contributed by atoms with Crippen molar-refractivity contribution < 1.29 is 43.2 Å². The van der Waals surface area contributed by atoms with Crippen molar-refractivity contribution in [2.75, 3.05) is 13.7 Å². The Morgan fingerprint density at radius 1 is 1.19 bits per heavy atom. The average molecular weight is 504 g/mol. The standard InChI is InChI=1S/C26H33NO9/c1-11(7-8-16(28)18-17(29)10-27-24(18)31)9-12(2)21-14(4)22-20(30)13(3)23-26(35-21,36-22)19(15(5)34-23)25(32)33-6/h7-9,12-15,19,21-23,28H,10H2,1-6H3,(H,27,31)/b8-7+,11-9+,18-16?/t12-,13+,14+,15+,19+,21+,22+,23+,26+/m0/s1. The summed E-state index contributed by atoms with van der Waals surface area (Å²) in [5.41, 5.74) is 0.477. The fraction of sp³-hybridized carbons (Fsp3) is 0.615. The highest BCUT2D eigenvalue weighted by molar-refractivity contribution is 6.25. The molecule has 0 aliphatic carbocycles. The molecule has 10 heteroatoms. The van der Waals surface area contributed by atoms with Crippen molar-refractivity contribution in [3.8, 4) is 0 Å². The Hall–Kier alpha value is -2.82. The number of amides is 1. The molecule has 2 bridgehead atoms. The van der Waals surface area contributed by atoms with Gasteiger partial charge in [0.05, 0.1) is 25.9 Å². The zero-order valence-corrected chi connectivity index (χ0v) is 21.3. The van der Waals surface area contributed by atoms with Crippen molar-refractivity contribution >= 4 is 23.4 Å². The van der Waals surface area contributed by atoms with Crippen LogP contribution in [0.4, 0.5) is 0 Å². The number of esters is 1. The number of nitrogens with one attached hydrogen (secondary N) is 1. The van der Waals surface area contributed by atoms with E-state index in [-0.39, 0.29) is 29.7 Å². The number of rotatable bonds is 5. The zero-order valence-electron chi connectivity index (χ0n) is 21.3. The number of hydrogen-bond acceptors (Lipinski definition) is 9. The van der Waals surface area contributed by atoms with Gasteiger partial charge in [0.15, 0.2) is 11.6 Å². The summed E-state index contributed by atoms with van der Waals surface area (Å²) in [4.78, 5) is 49.5. The third kappa shape index (κ3) is 4.10. The third-order valence-electron chi connectivity index (χ3n) is 7.65. The van der Waals surface area contributed by atoms with E-state index >= 15 is 0 Å². The van der Waals surface area contributed by atoms with Gasteiger partial charge in [0, 0.05) is 17.8 Å². The van der Waals surface area contributed by atoms with E-state index < -0.39 is 65.5 Å². The molecule has 0 aromatic rings. The van der Waals surface area contributed by atoms with Crippen LogP contribution in [0, 0.1) is 23.7 Å². The summed E-state index contributed by atoms with van der Waals surface area (Å²) in [5.74, 6) is -5.40. The van der Waals surface area contributed by atoms with Gasteiger partial charge in [-0.3, -0.25) is 19.2 Å². The molecule has 0 radical (unpaired) electrons. The predicted molar refractivity (Wildman–Crippen MR) is 125 cm³/mol. The van der Waals surface area contributed by atoms with Crippen LogP contribution < -0.4 is 5.32 Å². The number of allylic oxidation sites excluding steroid dienone is 3. The second-order valence-electron chi connectivity index (χ2n) is 10.1. The number of ketones is 2. The van der Waals surface area contributed by atoms with Crippen LogP contribution in [-0.4, -0.2) is 72.4 Å². The quantitative estimate of drug-likeness (QED) is 0.188. The summed E-state index contributed by atoms with van der Waals surface area (Å²) >= 11 is 0. The minimum Gasteiger partial charge on any atom is -0.507 e. The number of Topliss-reactive ketones (excluding diaryl/α,β-unsaturated/α-hetero) is 2. The smallest absolute Gasteiger partial charge is 0.316 e. The lowest BCUT2D eigenvalue weighted by Crippen LogP contribution is -2.70. The number of aliphatic hydroxyl groups excluding tert-OH is 1. The minimum atomic E-state index is -1.44. The van der Waals surface area contributed by atoms with Crippen LogP contribution in [0.15, 0.2) is 35.1 Å².